The first kappa shape index (κ1) is 27.6. The van der Waals surface area contributed by atoms with Crippen LogP contribution in [0.1, 0.15) is 10.4 Å². The van der Waals surface area contributed by atoms with Gasteiger partial charge in [-0.05, 0) is 12.1 Å². The van der Waals surface area contributed by atoms with Gasteiger partial charge in [0.15, 0.2) is 12.5 Å². The summed E-state index contributed by atoms with van der Waals surface area (Å²) < 4.78 is 16.1. The molecule has 0 aromatic heterocycles. The van der Waals surface area contributed by atoms with Crippen LogP contribution in [-0.4, -0.2) is 121 Å². The zero-order valence-electron chi connectivity index (χ0n) is 17.8. The molecule has 0 bridgehead atoms. The van der Waals surface area contributed by atoms with Gasteiger partial charge < -0.3 is 55.3 Å². The maximum Gasteiger partial charge on any atom is 0.288 e. The lowest BCUT2D eigenvalue weighted by atomic mass is 9.96. The summed E-state index contributed by atoms with van der Waals surface area (Å²) in [6.45, 7) is -1.54. The highest BCUT2D eigenvalue weighted by molar-refractivity contribution is 6.32. The topological polar surface area (TPSA) is 242 Å². The second-order valence-electron chi connectivity index (χ2n) is 7.95. The van der Waals surface area contributed by atoms with Crippen molar-refractivity contribution >= 4 is 23.2 Å². The molecule has 1 aromatic carbocycles. The molecule has 10 atom stereocenters. The molecule has 2 fully saturated rings. The van der Waals surface area contributed by atoms with Gasteiger partial charge in [0.05, 0.1) is 18.1 Å². The van der Waals surface area contributed by atoms with Crippen LogP contribution in [0.15, 0.2) is 18.2 Å². The van der Waals surface area contributed by atoms with E-state index in [-0.39, 0.29) is 10.6 Å². The number of carbonyl (C=O) groups excluding carboxylic acids is 1. The van der Waals surface area contributed by atoms with Gasteiger partial charge >= 0.3 is 0 Å². The number of nitrogens with one attached hydrogen (secondary N) is 1. The van der Waals surface area contributed by atoms with Gasteiger partial charge in [-0.1, -0.05) is 11.6 Å². The monoisotopic (exact) mass is 524 g/mol. The van der Waals surface area contributed by atoms with E-state index in [0.717, 1.165) is 12.1 Å². The van der Waals surface area contributed by atoms with E-state index in [1.807, 2.05) is 0 Å². The van der Waals surface area contributed by atoms with E-state index in [2.05, 4.69) is 5.32 Å². The number of nitro groups is 1. The first-order valence-corrected chi connectivity index (χ1v) is 10.7. The summed E-state index contributed by atoms with van der Waals surface area (Å²) in [5, 5.41) is 83.0. The van der Waals surface area contributed by atoms with Crippen molar-refractivity contribution in [3.8, 4) is 0 Å². The SMILES string of the molecule is O=C(N[C@@H]1O[C@H](CO)[C@@H](O[C@@H]2O[C@H](CO)[C@@H](O)[C@H](O)[C@H]2O)[C@H](O)[C@H]1O)c1ccc(Cl)c([N+](=O)[O-])c1. The third kappa shape index (κ3) is 5.71. The normalized spacial score (nSPS) is 37.6. The Kier molecular flexibility index (Phi) is 8.95. The van der Waals surface area contributed by atoms with E-state index >= 15 is 0 Å². The summed E-state index contributed by atoms with van der Waals surface area (Å²) in [4.78, 5) is 22.8. The molecule has 0 aliphatic carbocycles. The van der Waals surface area contributed by atoms with E-state index in [9.17, 15) is 50.7 Å². The van der Waals surface area contributed by atoms with Crippen molar-refractivity contribution in [1.29, 1.82) is 0 Å². The Morgan fingerprint density at radius 2 is 1.66 bits per heavy atom. The minimum Gasteiger partial charge on any atom is -0.394 e. The highest BCUT2D eigenvalue weighted by atomic mass is 35.5. The number of aliphatic hydroxyl groups excluding tert-OH is 7. The van der Waals surface area contributed by atoms with Crippen LogP contribution in [0.2, 0.25) is 5.02 Å². The molecule has 2 saturated heterocycles. The predicted molar refractivity (Wildman–Crippen MR) is 112 cm³/mol. The van der Waals surface area contributed by atoms with Crippen LogP contribution in [0, 0.1) is 10.1 Å². The fourth-order valence-corrected chi connectivity index (χ4v) is 3.90. The molecule has 15 nitrogen and oxygen atoms in total. The molecule has 0 saturated carbocycles. The van der Waals surface area contributed by atoms with Crippen LogP contribution in [0.25, 0.3) is 0 Å². The number of aliphatic hydroxyl groups is 7. The lowest BCUT2D eigenvalue weighted by molar-refractivity contribution is -0.384. The van der Waals surface area contributed by atoms with Crippen molar-refractivity contribution in [2.75, 3.05) is 13.2 Å². The lowest BCUT2D eigenvalue weighted by Gasteiger charge is -2.46. The van der Waals surface area contributed by atoms with Crippen LogP contribution in [0.3, 0.4) is 0 Å². The Balaban J connectivity index is 1.72. The van der Waals surface area contributed by atoms with Crippen molar-refractivity contribution < 1.29 is 59.7 Å². The zero-order chi connectivity index (χ0) is 26.0. The number of carbonyl (C=O) groups is 1. The van der Waals surface area contributed by atoms with Crippen molar-refractivity contribution in [3.63, 3.8) is 0 Å². The number of halogens is 1. The average molecular weight is 525 g/mol. The third-order valence-electron chi connectivity index (χ3n) is 5.68. The highest BCUT2D eigenvalue weighted by Gasteiger charge is 2.50. The van der Waals surface area contributed by atoms with Gasteiger partial charge in [0, 0.05) is 11.6 Å². The number of hydrogen-bond donors (Lipinski definition) is 8. The van der Waals surface area contributed by atoms with Crippen molar-refractivity contribution in [2.45, 2.75) is 61.3 Å². The fraction of sp³-hybridized carbons (Fsp3) is 0.632. The van der Waals surface area contributed by atoms with E-state index in [1.165, 1.54) is 6.07 Å². The molecule has 35 heavy (non-hydrogen) atoms. The molecule has 0 unspecified atom stereocenters. The highest BCUT2D eigenvalue weighted by Crippen LogP contribution is 2.29. The molecule has 1 amide bonds. The van der Waals surface area contributed by atoms with Gasteiger partial charge in [-0.25, -0.2) is 0 Å². The number of amides is 1. The van der Waals surface area contributed by atoms with E-state index < -0.39 is 91.1 Å². The van der Waals surface area contributed by atoms with Gasteiger partial charge in [-0.3, -0.25) is 14.9 Å². The number of ether oxygens (including phenoxy) is 3. The van der Waals surface area contributed by atoms with Crippen molar-refractivity contribution in [1.82, 2.24) is 5.32 Å². The Morgan fingerprint density at radius 1 is 1.00 bits per heavy atom. The average Bonchev–Trinajstić information content (AvgIpc) is 2.83. The number of nitro benzene ring substituents is 1. The third-order valence-corrected chi connectivity index (χ3v) is 6.00. The molecule has 2 aliphatic rings. The van der Waals surface area contributed by atoms with Crippen LogP contribution >= 0.6 is 11.6 Å². The zero-order valence-corrected chi connectivity index (χ0v) is 18.6. The number of rotatable bonds is 7. The number of hydrogen-bond acceptors (Lipinski definition) is 13. The molecule has 3 rings (SSSR count). The maximum atomic E-state index is 12.6. The van der Waals surface area contributed by atoms with E-state index in [1.54, 1.807) is 0 Å². The molecular formula is C19H25ClN2O13. The predicted octanol–water partition coefficient (Wildman–Crippen LogP) is -3.40. The van der Waals surface area contributed by atoms with Gasteiger partial charge in [0.1, 0.15) is 53.9 Å². The first-order chi connectivity index (χ1) is 16.5. The fourth-order valence-electron chi connectivity index (χ4n) is 3.72. The van der Waals surface area contributed by atoms with Crippen LogP contribution in [0.4, 0.5) is 5.69 Å². The summed E-state index contributed by atoms with van der Waals surface area (Å²) in [5.41, 5.74) is -0.739. The first-order valence-electron chi connectivity index (χ1n) is 10.3. The molecule has 8 N–H and O–H groups in total. The van der Waals surface area contributed by atoms with E-state index in [4.69, 9.17) is 25.8 Å². The molecule has 0 spiro atoms. The van der Waals surface area contributed by atoms with Gasteiger partial charge in [0.2, 0.25) is 0 Å². The number of nitrogens with zero attached hydrogens (tertiary/aromatic N) is 1. The quantitative estimate of drug-likeness (QED) is 0.128. The van der Waals surface area contributed by atoms with Gasteiger partial charge in [0.25, 0.3) is 11.6 Å². The number of benzene rings is 1. The van der Waals surface area contributed by atoms with E-state index in [0.29, 0.717) is 0 Å². The van der Waals surface area contributed by atoms with Crippen LogP contribution < -0.4 is 5.32 Å². The van der Waals surface area contributed by atoms with Crippen molar-refractivity contribution in [2.24, 2.45) is 0 Å². The van der Waals surface area contributed by atoms with Gasteiger partial charge in [-0.15, -0.1) is 0 Å². The second kappa shape index (κ2) is 11.4. The minimum absolute atomic E-state index is 0.202. The molecule has 2 aliphatic heterocycles. The molecular weight excluding hydrogens is 500 g/mol. The van der Waals surface area contributed by atoms with Crippen LogP contribution in [0.5, 0.6) is 0 Å². The largest absolute Gasteiger partial charge is 0.394 e. The summed E-state index contributed by atoms with van der Waals surface area (Å²) in [6, 6.07) is 3.21. The Morgan fingerprint density at radius 3 is 2.26 bits per heavy atom. The standard InChI is InChI=1S/C19H25ClN2O13/c20-7-2-1-6(3-8(7)22(31)32)17(30)21-18-14(28)13(27)16(10(5-24)33-18)35-19-15(29)12(26)11(25)9(4-23)34-19/h1-3,9-16,18-19,23-29H,4-5H2,(H,21,30)/t9-,10-,11-,12+,13-,14-,15-,16-,18-,19+/m1/s1. The van der Waals surface area contributed by atoms with Gasteiger partial charge in [-0.2, -0.15) is 0 Å². The minimum atomic E-state index is -1.85. The second-order valence-corrected chi connectivity index (χ2v) is 8.36. The van der Waals surface area contributed by atoms with Crippen LogP contribution in [-0.2, 0) is 14.2 Å². The smallest absolute Gasteiger partial charge is 0.288 e. The lowest BCUT2D eigenvalue weighted by Crippen LogP contribution is -2.66. The molecule has 0 radical (unpaired) electrons. The maximum absolute atomic E-state index is 12.6. The molecule has 1 aromatic rings. The Bertz CT molecular complexity index is 919. The summed E-state index contributed by atoms with van der Waals surface area (Å²) in [7, 11) is 0. The summed E-state index contributed by atoms with van der Waals surface area (Å²) in [5.74, 6) is -0.925. The molecule has 2 heterocycles. The van der Waals surface area contributed by atoms with Crippen molar-refractivity contribution in [3.05, 3.63) is 38.9 Å². The summed E-state index contributed by atoms with van der Waals surface area (Å²) in [6.07, 6.45) is -16.5. The summed E-state index contributed by atoms with van der Waals surface area (Å²) >= 11 is 5.73. The Hall–Kier alpha value is -2.02. The molecule has 16 heteroatoms. The Labute approximate surface area is 202 Å². The molecule has 196 valence electrons.